The fourth-order valence-corrected chi connectivity index (χ4v) is 5.92. The summed E-state index contributed by atoms with van der Waals surface area (Å²) >= 11 is 1.63. The summed E-state index contributed by atoms with van der Waals surface area (Å²) in [5.41, 5.74) is 11.6. The van der Waals surface area contributed by atoms with E-state index < -0.39 is 0 Å². The molecule has 0 amide bonds. The molecule has 180 valence electrons. The highest BCUT2D eigenvalue weighted by molar-refractivity contribution is 7.14. The number of hydrogen-bond acceptors (Lipinski definition) is 10. The Morgan fingerprint density at radius 1 is 0.943 bits per heavy atom. The smallest absolute Gasteiger partial charge is 0.151 e. The lowest BCUT2D eigenvalue weighted by molar-refractivity contribution is 0.313. The van der Waals surface area contributed by atoms with Gasteiger partial charge in [-0.1, -0.05) is 24.2 Å². The van der Waals surface area contributed by atoms with Crippen LogP contribution in [0.4, 0.5) is 22.9 Å². The maximum atomic E-state index is 6.36. The molecular weight excluding hydrogens is 458 g/mol. The average molecular weight is 488 g/mol. The molecule has 4 aromatic rings. The molecule has 6 rings (SSSR count). The fraction of sp³-hybridized carbons (Fsp3) is 0.400. The normalized spacial score (nSPS) is 17.3. The topological polar surface area (TPSA) is 109 Å². The maximum absolute atomic E-state index is 6.36. The molecule has 0 radical (unpaired) electrons. The molecule has 2 aliphatic rings. The van der Waals surface area contributed by atoms with E-state index in [1.165, 1.54) is 25.7 Å². The first-order valence-corrected chi connectivity index (χ1v) is 13.0. The Balaban J connectivity index is 1.22. The molecule has 0 unspecified atom stereocenters. The number of likely N-dealkylation sites (N-methyl/N-ethyl adjacent to an activating group) is 1. The molecule has 10 heteroatoms. The van der Waals surface area contributed by atoms with Gasteiger partial charge in [0.2, 0.25) is 0 Å². The zero-order valence-corrected chi connectivity index (χ0v) is 20.6. The zero-order valence-electron chi connectivity index (χ0n) is 19.8. The van der Waals surface area contributed by atoms with E-state index in [0.29, 0.717) is 11.7 Å². The van der Waals surface area contributed by atoms with E-state index in [-0.39, 0.29) is 0 Å². The summed E-state index contributed by atoms with van der Waals surface area (Å²) in [7, 11) is 2.16. The van der Waals surface area contributed by atoms with Gasteiger partial charge in [0, 0.05) is 32.1 Å². The molecule has 1 saturated heterocycles. The predicted molar refractivity (Wildman–Crippen MR) is 141 cm³/mol. The first-order valence-electron chi connectivity index (χ1n) is 12.2. The number of nitrogen functional groups attached to an aromatic ring is 1. The molecule has 0 spiro atoms. The number of piperazine rings is 1. The number of fused-ring (bicyclic) bond motifs is 1. The number of pyridine rings is 3. The summed E-state index contributed by atoms with van der Waals surface area (Å²) in [6.45, 7) is 4.11. The largest absolute Gasteiger partial charge is 0.383 e. The highest BCUT2D eigenvalue weighted by Crippen LogP contribution is 2.39. The first kappa shape index (κ1) is 22.1. The molecule has 1 aliphatic heterocycles. The highest BCUT2D eigenvalue weighted by Gasteiger charge is 2.22. The predicted octanol–water partition coefficient (Wildman–Crippen LogP) is 4.28. The zero-order chi connectivity index (χ0) is 23.8. The Labute approximate surface area is 208 Å². The lowest BCUT2D eigenvalue weighted by Gasteiger charge is -2.33. The SMILES string of the molecule is CN1CCN(c2cncc(Nc3cnc4cc(-c5nnc(C6CCCC6)s5)c(N)nc4c3)c2)CC1. The number of nitrogens with two attached hydrogens (primary N) is 1. The van der Waals surface area contributed by atoms with Crippen molar-refractivity contribution in [2.45, 2.75) is 31.6 Å². The quantitative estimate of drug-likeness (QED) is 0.426. The molecule has 5 heterocycles. The maximum Gasteiger partial charge on any atom is 0.151 e. The van der Waals surface area contributed by atoms with E-state index >= 15 is 0 Å². The van der Waals surface area contributed by atoms with Crippen LogP contribution in [0.25, 0.3) is 21.6 Å². The van der Waals surface area contributed by atoms with Crippen molar-refractivity contribution < 1.29 is 0 Å². The van der Waals surface area contributed by atoms with Crippen LogP contribution < -0.4 is 16.0 Å². The molecule has 9 nitrogen and oxygen atoms in total. The van der Waals surface area contributed by atoms with Gasteiger partial charge in [0.1, 0.15) is 10.8 Å². The molecular formula is C25H29N9S. The average Bonchev–Trinajstić information content (AvgIpc) is 3.57. The van der Waals surface area contributed by atoms with E-state index in [4.69, 9.17) is 5.73 Å². The summed E-state index contributed by atoms with van der Waals surface area (Å²) in [6.07, 6.45) is 10.5. The Kier molecular flexibility index (Phi) is 5.91. The number of anilines is 4. The van der Waals surface area contributed by atoms with Crippen molar-refractivity contribution in [3.05, 3.63) is 41.8 Å². The second kappa shape index (κ2) is 9.35. The fourth-order valence-electron chi connectivity index (χ4n) is 4.89. The van der Waals surface area contributed by atoms with Gasteiger partial charge in [0.25, 0.3) is 0 Å². The second-order valence-electron chi connectivity index (χ2n) is 9.46. The van der Waals surface area contributed by atoms with Crippen LogP contribution in [-0.2, 0) is 0 Å². The summed E-state index contributed by atoms with van der Waals surface area (Å²) in [6, 6.07) is 6.07. The third-order valence-corrected chi connectivity index (χ3v) is 8.07. The van der Waals surface area contributed by atoms with E-state index in [0.717, 1.165) is 69.9 Å². The van der Waals surface area contributed by atoms with Gasteiger partial charge in [-0.2, -0.15) is 0 Å². The number of hydrogen-bond donors (Lipinski definition) is 2. The van der Waals surface area contributed by atoms with Crippen LogP contribution in [0.5, 0.6) is 0 Å². The van der Waals surface area contributed by atoms with Crippen LogP contribution in [0.3, 0.4) is 0 Å². The van der Waals surface area contributed by atoms with Crippen molar-refractivity contribution in [3.8, 4) is 10.6 Å². The molecule has 0 bridgehead atoms. The highest BCUT2D eigenvalue weighted by atomic mass is 32.1. The van der Waals surface area contributed by atoms with Crippen molar-refractivity contribution in [1.29, 1.82) is 0 Å². The van der Waals surface area contributed by atoms with Crippen LogP contribution in [-0.4, -0.2) is 63.3 Å². The molecule has 3 N–H and O–H groups in total. The minimum atomic E-state index is 0.448. The standard InChI is InChI=1S/C25H29N9S/c1-33-6-8-34(9-7-33)19-10-17(13-27-15-19)29-18-11-22-21(28-14-18)12-20(23(26)30-22)25-32-31-24(35-25)16-4-2-3-5-16/h10-16,29H,2-9H2,1H3,(H2,26,30). The van der Waals surface area contributed by atoms with Crippen molar-refractivity contribution >= 4 is 45.3 Å². The molecule has 1 saturated carbocycles. The minimum absolute atomic E-state index is 0.448. The molecule has 1 aliphatic carbocycles. The summed E-state index contributed by atoms with van der Waals surface area (Å²) in [5.74, 6) is 0.983. The van der Waals surface area contributed by atoms with Crippen molar-refractivity contribution in [2.75, 3.05) is 49.2 Å². The Hall–Kier alpha value is -3.37. The molecule has 0 aromatic carbocycles. The minimum Gasteiger partial charge on any atom is -0.383 e. The molecule has 35 heavy (non-hydrogen) atoms. The van der Waals surface area contributed by atoms with Gasteiger partial charge in [-0.3, -0.25) is 9.97 Å². The van der Waals surface area contributed by atoms with Crippen molar-refractivity contribution in [1.82, 2.24) is 30.0 Å². The van der Waals surface area contributed by atoms with Gasteiger partial charge in [0.05, 0.1) is 52.2 Å². The van der Waals surface area contributed by atoms with Crippen molar-refractivity contribution in [2.24, 2.45) is 0 Å². The van der Waals surface area contributed by atoms with Crippen LogP contribution >= 0.6 is 11.3 Å². The Morgan fingerprint density at radius 2 is 1.74 bits per heavy atom. The molecule has 4 aromatic heterocycles. The van der Waals surface area contributed by atoms with Crippen LogP contribution in [0.2, 0.25) is 0 Å². The number of rotatable bonds is 5. The number of aromatic nitrogens is 5. The Morgan fingerprint density at radius 3 is 2.57 bits per heavy atom. The van der Waals surface area contributed by atoms with E-state index in [1.807, 2.05) is 30.7 Å². The van der Waals surface area contributed by atoms with E-state index in [9.17, 15) is 0 Å². The lowest BCUT2D eigenvalue weighted by atomic mass is 10.1. The van der Waals surface area contributed by atoms with Gasteiger partial charge in [-0.25, -0.2) is 4.98 Å². The summed E-state index contributed by atoms with van der Waals surface area (Å²) in [4.78, 5) is 18.4. The van der Waals surface area contributed by atoms with Gasteiger partial charge in [-0.05, 0) is 38.1 Å². The van der Waals surface area contributed by atoms with Crippen LogP contribution in [0.15, 0.2) is 36.8 Å². The molecule has 0 atom stereocenters. The van der Waals surface area contributed by atoms with Crippen molar-refractivity contribution in [3.63, 3.8) is 0 Å². The lowest BCUT2D eigenvalue weighted by Crippen LogP contribution is -2.44. The van der Waals surface area contributed by atoms with Gasteiger partial charge < -0.3 is 20.9 Å². The van der Waals surface area contributed by atoms with Gasteiger partial charge in [0.15, 0.2) is 5.01 Å². The first-order chi connectivity index (χ1) is 17.1. The number of nitrogens with one attached hydrogen (secondary N) is 1. The third-order valence-electron chi connectivity index (χ3n) is 6.95. The van der Waals surface area contributed by atoms with E-state index in [2.05, 4.69) is 53.4 Å². The second-order valence-corrected chi connectivity index (χ2v) is 10.5. The monoisotopic (exact) mass is 487 g/mol. The van der Waals surface area contributed by atoms with Gasteiger partial charge >= 0.3 is 0 Å². The summed E-state index contributed by atoms with van der Waals surface area (Å²) in [5, 5.41) is 14.2. The van der Waals surface area contributed by atoms with E-state index in [1.54, 1.807) is 11.3 Å². The Bertz CT molecular complexity index is 1340. The third kappa shape index (κ3) is 4.63. The number of nitrogens with zero attached hydrogens (tertiary/aromatic N) is 7. The van der Waals surface area contributed by atoms with Crippen LogP contribution in [0, 0.1) is 0 Å². The summed E-state index contributed by atoms with van der Waals surface area (Å²) < 4.78 is 0. The molecule has 2 fully saturated rings. The van der Waals surface area contributed by atoms with Crippen LogP contribution in [0.1, 0.15) is 36.6 Å². The van der Waals surface area contributed by atoms with Gasteiger partial charge in [-0.15, -0.1) is 10.2 Å².